The van der Waals surface area contributed by atoms with E-state index in [1.165, 1.54) is 13.8 Å². The average molecular weight is 473 g/mol. The Bertz CT molecular complexity index is 951. The van der Waals surface area contributed by atoms with Gasteiger partial charge in [0.2, 0.25) is 0 Å². The number of carbonyl (C=O) groups excluding carboxylic acids is 3. The molecule has 0 spiro atoms. The van der Waals surface area contributed by atoms with Gasteiger partial charge in [-0.15, -0.1) is 0 Å². The lowest BCUT2D eigenvalue weighted by Gasteiger charge is -2.22. The molecule has 2 N–H and O–H groups in total. The van der Waals surface area contributed by atoms with Crippen molar-refractivity contribution >= 4 is 18.0 Å². The van der Waals surface area contributed by atoms with Crippen LogP contribution >= 0.6 is 0 Å². The zero-order valence-electron chi connectivity index (χ0n) is 18.9. The molecule has 0 saturated heterocycles. The highest BCUT2D eigenvalue weighted by molar-refractivity contribution is 5.82. The number of amides is 1. The first-order valence-corrected chi connectivity index (χ1v) is 9.96. The van der Waals surface area contributed by atoms with Crippen molar-refractivity contribution in [3.63, 3.8) is 0 Å². The second-order valence-corrected chi connectivity index (χ2v) is 7.96. The number of hydrogen-bond acceptors (Lipinski definition) is 12. The molecule has 13 nitrogen and oxygen atoms in total. The molecule has 2 atom stereocenters. The van der Waals surface area contributed by atoms with E-state index < -0.39 is 48.6 Å². The van der Waals surface area contributed by atoms with E-state index in [1.54, 1.807) is 20.8 Å². The fourth-order valence-electron chi connectivity index (χ4n) is 2.50. The number of rotatable bonds is 9. The van der Waals surface area contributed by atoms with Crippen LogP contribution in [0, 0.1) is 6.92 Å². The number of allylic oxidation sites excluding steroid dienone is 1. The Balaban J connectivity index is 1.94. The number of aliphatic hydroxyl groups is 1. The number of carbonyl (C=O) groups is 3. The molecule has 0 radical (unpaired) electrons. The van der Waals surface area contributed by atoms with Gasteiger partial charge in [-0.3, -0.25) is 4.79 Å². The van der Waals surface area contributed by atoms with E-state index in [9.17, 15) is 24.3 Å². The standard InChI is InChI=1S/C20H27NO12/c1-10-13(31-18(25)29-10)8-27-15(22)7-6-12(21-17(24)33-20(3,4)5)16(23)28-9-14-11(2)30-19(26)32-14/h12,18,25H,6-9H2,1-5H3,(H,21,24)/t12-,18?/m0/s1. The Labute approximate surface area is 188 Å². The van der Waals surface area contributed by atoms with Crippen LogP contribution in [0.1, 0.15) is 52.1 Å². The molecule has 1 aromatic rings. The molecule has 1 aliphatic heterocycles. The first kappa shape index (κ1) is 25.8. The largest absolute Gasteiger partial charge is 0.519 e. The van der Waals surface area contributed by atoms with Crippen LogP contribution in [0.25, 0.3) is 0 Å². The third kappa shape index (κ3) is 8.52. The monoisotopic (exact) mass is 473 g/mol. The molecule has 0 aliphatic carbocycles. The van der Waals surface area contributed by atoms with Gasteiger partial charge < -0.3 is 42.9 Å². The SMILES string of the molecule is CC1=C(COC(=O)CC[C@H](NC(=O)OC(C)(C)C)C(=O)OCc2oc(=O)oc2C)OC(O)O1. The maximum Gasteiger partial charge on any atom is 0.519 e. The average Bonchev–Trinajstić information content (AvgIpc) is 3.18. The van der Waals surface area contributed by atoms with Crippen molar-refractivity contribution in [3.8, 4) is 0 Å². The van der Waals surface area contributed by atoms with Gasteiger partial charge in [-0.25, -0.2) is 14.4 Å². The van der Waals surface area contributed by atoms with Crippen molar-refractivity contribution in [2.45, 2.75) is 72.2 Å². The number of alkyl carbamates (subject to hydrolysis) is 1. The first-order chi connectivity index (χ1) is 15.3. The zero-order chi connectivity index (χ0) is 24.8. The Hall–Kier alpha value is -3.48. The number of nitrogens with one attached hydrogen (secondary N) is 1. The summed E-state index contributed by atoms with van der Waals surface area (Å²) in [6.45, 7) is 5.75. The quantitative estimate of drug-likeness (QED) is 0.390. The van der Waals surface area contributed by atoms with Crippen molar-refractivity contribution < 1.29 is 52.0 Å². The number of ether oxygens (including phenoxy) is 5. The second kappa shape index (κ2) is 10.9. The molecule has 2 heterocycles. The smallest absolute Gasteiger partial charge is 0.457 e. The number of aryl methyl sites for hydroxylation is 1. The van der Waals surface area contributed by atoms with Gasteiger partial charge >= 0.3 is 30.3 Å². The molecule has 2 rings (SSSR count). The minimum absolute atomic E-state index is 0.00777. The van der Waals surface area contributed by atoms with Crippen LogP contribution in [-0.2, 0) is 39.9 Å². The lowest BCUT2D eigenvalue weighted by molar-refractivity contribution is -0.195. The van der Waals surface area contributed by atoms with Crippen molar-refractivity contribution in [2.75, 3.05) is 6.61 Å². The van der Waals surface area contributed by atoms with Crippen LogP contribution in [0.3, 0.4) is 0 Å². The molecule has 0 fully saturated rings. The Kier molecular flexibility index (Phi) is 8.51. The Morgan fingerprint density at radius 2 is 1.79 bits per heavy atom. The normalized spacial score (nSPS) is 16.5. The first-order valence-electron chi connectivity index (χ1n) is 9.96. The summed E-state index contributed by atoms with van der Waals surface area (Å²) < 4.78 is 34.5. The minimum Gasteiger partial charge on any atom is -0.457 e. The third-order valence-corrected chi connectivity index (χ3v) is 4.07. The van der Waals surface area contributed by atoms with Crippen molar-refractivity contribution in [1.29, 1.82) is 0 Å². The molecule has 1 aliphatic rings. The second-order valence-electron chi connectivity index (χ2n) is 7.96. The van der Waals surface area contributed by atoms with E-state index in [2.05, 4.69) is 9.73 Å². The van der Waals surface area contributed by atoms with E-state index in [4.69, 9.17) is 28.1 Å². The molecule has 1 aromatic heterocycles. The molecule has 33 heavy (non-hydrogen) atoms. The maximum absolute atomic E-state index is 12.5. The highest BCUT2D eigenvalue weighted by atomic mass is 16.8. The lowest BCUT2D eigenvalue weighted by atomic mass is 10.1. The van der Waals surface area contributed by atoms with Crippen LogP contribution in [0.5, 0.6) is 0 Å². The third-order valence-electron chi connectivity index (χ3n) is 4.07. The van der Waals surface area contributed by atoms with Gasteiger partial charge in [0, 0.05) is 6.42 Å². The summed E-state index contributed by atoms with van der Waals surface area (Å²) in [6.07, 6.45) is -1.34. The molecule has 1 amide bonds. The van der Waals surface area contributed by atoms with Gasteiger partial charge in [-0.2, -0.15) is 0 Å². The Morgan fingerprint density at radius 1 is 1.09 bits per heavy atom. The molecule has 0 saturated carbocycles. The highest BCUT2D eigenvalue weighted by Gasteiger charge is 2.28. The molecular formula is C20H27NO12. The van der Waals surface area contributed by atoms with Crippen molar-refractivity contribution in [1.82, 2.24) is 5.32 Å². The highest BCUT2D eigenvalue weighted by Crippen LogP contribution is 2.20. The summed E-state index contributed by atoms with van der Waals surface area (Å²) in [6, 6.07) is -1.26. The summed E-state index contributed by atoms with van der Waals surface area (Å²) in [7, 11) is 0. The van der Waals surface area contributed by atoms with Crippen molar-refractivity contribution in [3.05, 3.63) is 33.7 Å². The lowest BCUT2D eigenvalue weighted by Crippen LogP contribution is -2.44. The molecule has 0 aromatic carbocycles. The van der Waals surface area contributed by atoms with Crippen LogP contribution in [-0.4, -0.2) is 47.9 Å². The van der Waals surface area contributed by atoms with E-state index in [0.717, 1.165) is 0 Å². The van der Waals surface area contributed by atoms with E-state index in [-0.39, 0.29) is 42.5 Å². The summed E-state index contributed by atoms with van der Waals surface area (Å²) in [4.78, 5) is 47.9. The molecule has 1 unspecified atom stereocenters. The van der Waals surface area contributed by atoms with Gasteiger partial charge in [-0.05, 0) is 41.0 Å². The van der Waals surface area contributed by atoms with Gasteiger partial charge in [0.25, 0.3) is 0 Å². The fraction of sp³-hybridized carbons (Fsp3) is 0.600. The molecule has 184 valence electrons. The summed E-state index contributed by atoms with van der Waals surface area (Å²) in [5.74, 6) is -1.99. The van der Waals surface area contributed by atoms with E-state index in [0.29, 0.717) is 0 Å². The summed E-state index contributed by atoms with van der Waals surface area (Å²) >= 11 is 0. The van der Waals surface area contributed by atoms with Crippen LogP contribution in [0.4, 0.5) is 4.79 Å². The number of esters is 2. The Morgan fingerprint density at radius 3 is 2.33 bits per heavy atom. The number of aliphatic hydroxyl groups excluding tert-OH is 1. The van der Waals surface area contributed by atoms with Gasteiger partial charge in [0.15, 0.2) is 30.5 Å². The molecule has 13 heteroatoms. The summed E-state index contributed by atoms with van der Waals surface area (Å²) in [5, 5.41) is 11.6. The van der Waals surface area contributed by atoms with Gasteiger partial charge in [-0.1, -0.05) is 0 Å². The topological polar surface area (TPSA) is 173 Å². The fourth-order valence-corrected chi connectivity index (χ4v) is 2.50. The van der Waals surface area contributed by atoms with Gasteiger partial charge in [0.1, 0.15) is 17.4 Å². The van der Waals surface area contributed by atoms with E-state index >= 15 is 0 Å². The predicted molar refractivity (Wildman–Crippen MR) is 106 cm³/mol. The minimum atomic E-state index is -1.46. The van der Waals surface area contributed by atoms with Crippen LogP contribution in [0.2, 0.25) is 0 Å². The zero-order valence-corrected chi connectivity index (χ0v) is 18.9. The predicted octanol–water partition coefficient (Wildman–Crippen LogP) is 1.36. The summed E-state index contributed by atoms with van der Waals surface area (Å²) in [5.41, 5.74) is -0.825. The van der Waals surface area contributed by atoms with Crippen molar-refractivity contribution in [2.24, 2.45) is 0 Å². The molecule has 0 bridgehead atoms. The van der Waals surface area contributed by atoms with E-state index in [1.807, 2.05) is 0 Å². The molecular weight excluding hydrogens is 446 g/mol. The van der Waals surface area contributed by atoms with Crippen LogP contribution < -0.4 is 11.1 Å². The maximum atomic E-state index is 12.5. The van der Waals surface area contributed by atoms with Gasteiger partial charge in [0.05, 0.1) is 0 Å². The number of hydrogen-bond donors (Lipinski definition) is 2. The van der Waals surface area contributed by atoms with Crippen LogP contribution in [0.15, 0.2) is 25.1 Å².